The fourth-order valence-electron chi connectivity index (χ4n) is 5.42. The Kier molecular flexibility index (Phi) is 7.11. The number of fused-ring (bicyclic) bond motifs is 1. The number of hydrogen-bond donors (Lipinski definition) is 2. The number of nitrogens with zero attached hydrogens (tertiary/aromatic N) is 6. The molecule has 0 bridgehead atoms. The maximum atomic E-state index is 9.33. The number of aromatic nitrogens is 4. The number of piperidine rings is 1. The van der Waals surface area contributed by atoms with Gasteiger partial charge in [-0.15, -0.1) is 0 Å². The van der Waals surface area contributed by atoms with Crippen molar-refractivity contribution >= 4 is 40.6 Å². The number of aliphatic hydroxyl groups excluding tert-OH is 1. The molecule has 2 unspecified atom stereocenters. The fraction of sp³-hybridized carbons (Fsp3) is 0.542. The van der Waals surface area contributed by atoms with Gasteiger partial charge in [0.2, 0.25) is 0 Å². The number of β-amino-alcohol motifs (C(OH)–C–C–N with tert-alkyl or cyclic N) is 1. The Labute approximate surface area is 209 Å². The van der Waals surface area contributed by atoms with Crippen LogP contribution in [0.5, 0.6) is 0 Å². The van der Waals surface area contributed by atoms with E-state index in [2.05, 4.69) is 38.2 Å². The Hall–Kier alpha value is -2.13. The van der Waals surface area contributed by atoms with Crippen LogP contribution in [0.1, 0.15) is 37.8 Å². The van der Waals surface area contributed by atoms with Crippen molar-refractivity contribution in [3.8, 4) is 0 Å². The Bertz CT molecular complexity index is 1140. The summed E-state index contributed by atoms with van der Waals surface area (Å²) in [6, 6.07) is 7.55. The fourth-order valence-corrected chi connectivity index (χ4v) is 5.99. The largest absolute Gasteiger partial charge is 0.395 e. The second-order valence-electron chi connectivity index (χ2n) is 9.42. The third kappa shape index (κ3) is 4.96. The van der Waals surface area contributed by atoms with Crippen molar-refractivity contribution in [3.05, 3.63) is 46.2 Å². The van der Waals surface area contributed by atoms with Crippen LogP contribution in [-0.4, -0.2) is 68.9 Å². The Morgan fingerprint density at radius 3 is 2.82 bits per heavy atom. The zero-order valence-electron chi connectivity index (χ0n) is 19.4. The molecule has 182 valence electrons. The van der Waals surface area contributed by atoms with Gasteiger partial charge in [0.1, 0.15) is 18.0 Å². The first kappa shape index (κ1) is 23.6. The van der Waals surface area contributed by atoms with Crippen LogP contribution in [0.15, 0.2) is 30.6 Å². The second-order valence-corrected chi connectivity index (χ2v) is 10.3. The molecule has 0 radical (unpaired) electrons. The minimum absolute atomic E-state index is 0.0570. The first-order chi connectivity index (χ1) is 16.5. The number of likely N-dealkylation sites (tertiary alicyclic amines) is 1. The molecule has 2 aromatic heterocycles. The molecule has 3 atom stereocenters. The quantitative estimate of drug-likeness (QED) is 0.501. The molecule has 3 aromatic rings. The number of nitrogens with one attached hydrogen (secondary N) is 1. The van der Waals surface area contributed by atoms with Gasteiger partial charge in [-0.05, 0) is 62.3 Å². The monoisotopic (exact) mass is 503 g/mol. The summed E-state index contributed by atoms with van der Waals surface area (Å²) in [7, 11) is 0. The van der Waals surface area contributed by atoms with Gasteiger partial charge in [-0.2, -0.15) is 19.6 Å². The van der Waals surface area contributed by atoms with E-state index in [0.717, 1.165) is 56.3 Å². The minimum atomic E-state index is -0.0570. The van der Waals surface area contributed by atoms with Crippen LogP contribution in [0.2, 0.25) is 10.0 Å². The lowest BCUT2D eigenvalue weighted by Crippen LogP contribution is -2.40. The Morgan fingerprint density at radius 1 is 1.15 bits per heavy atom. The molecule has 0 saturated carbocycles. The van der Waals surface area contributed by atoms with Crippen LogP contribution in [0.3, 0.4) is 0 Å². The molecule has 2 saturated heterocycles. The van der Waals surface area contributed by atoms with Crippen LogP contribution in [0, 0.1) is 11.8 Å². The molecule has 4 heterocycles. The van der Waals surface area contributed by atoms with Gasteiger partial charge in [0, 0.05) is 42.3 Å². The molecule has 10 heteroatoms. The first-order valence-electron chi connectivity index (χ1n) is 12.0. The molecule has 2 aliphatic heterocycles. The summed E-state index contributed by atoms with van der Waals surface area (Å²) in [5.74, 6) is 3.63. The maximum absolute atomic E-state index is 9.33. The molecule has 2 aliphatic rings. The summed E-state index contributed by atoms with van der Waals surface area (Å²) in [6.07, 6.45) is 5.17. The number of benzene rings is 1. The third-order valence-electron chi connectivity index (χ3n) is 7.21. The number of aliphatic hydroxyl groups is 1. The molecule has 5 rings (SSSR count). The number of anilines is 2. The summed E-state index contributed by atoms with van der Waals surface area (Å²) >= 11 is 12.5. The summed E-state index contributed by atoms with van der Waals surface area (Å²) in [5.41, 5.74) is 0.962. The average Bonchev–Trinajstić information content (AvgIpc) is 3.49. The summed E-state index contributed by atoms with van der Waals surface area (Å²) in [6.45, 7) is 7.24. The molecule has 0 amide bonds. The molecule has 2 fully saturated rings. The molecule has 34 heavy (non-hydrogen) atoms. The van der Waals surface area contributed by atoms with Crippen LogP contribution in [-0.2, 0) is 0 Å². The van der Waals surface area contributed by atoms with E-state index >= 15 is 0 Å². The van der Waals surface area contributed by atoms with Crippen molar-refractivity contribution in [1.29, 1.82) is 0 Å². The van der Waals surface area contributed by atoms with E-state index in [1.54, 1.807) is 10.6 Å². The smallest absolute Gasteiger partial charge is 0.256 e. The Morgan fingerprint density at radius 2 is 2.00 bits per heavy atom. The van der Waals surface area contributed by atoms with Crippen molar-refractivity contribution in [2.45, 2.75) is 32.2 Å². The predicted octanol–water partition coefficient (Wildman–Crippen LogP) is 4.13. The van der Waals surface area contributed by atoms with Crippen molar-refractivity contribution < 1.29 is 5.11 Å². The highest BCUT2D eigenvalue weighted by molar-refractivity contribution is 6.35. The van der Waals surface area contributed by atoms with Crippen molar-refractivity contribution in [1.82, 2.24) is 24.5 Å². The molecule has 1 aromatic carbocycles. The maximum Gasteiger partial charge on any atom is 0.256 e. The van der Waals surface area contributed by atoms with Crippen LogP contribution in [0.4, 0.5) is 11.6 Å². The van der Waals surface area contributed by atoms with E-state index in [-0.39, 0.29) is 12.6 Å². The van der Waals surface area contributed by atoms with Crippen LogP contribution in [0.25, 0.3) is 5.78 Å². The Balaban J connectivity index is 1.34. The van der Waals surface area contributed by atoms with Gasteiger partial charge < -0.3 is 20.2 Å². The molecular formula is C24H31Cl2N7O. The predicted molar refractivity (Wildman–Crippen MR) is 136 cm³/mol. The lowest BCUT2D eigenvalue weighted by atomic mass is 9.85. The SMILES string of the molecule is C[C@@H](Nc1cc(N2CCC(C3CCCN(CCO)C3)C2)nc2ncnn12)c1ccc(Cl)cc1Cl. The van der Waals surface area contributed by atoms with Gasteiger partial charge >= 0.3 is 0 Å². The zero-order chi connectivity index (χ0) is 23.7. The van der Waals surface area contributed by atoms with Gasteiger partial charge in [-0.1, -0.05) is 29.3 Å². The molecule has 0 aliphatic carbocycles. The van der Waals surface area contributed by atoms with Gasteiger partial charge in [-0.25, -0.2) is 0 Å². The van der Waals surface area contributed by atoms with Gasteiger partial charge in [-0.3, -0.25) is 0 Å². The average molecular weight is 504 g/mol. The summed E-state index contributed by atoms with van der Waals surface area (Å²) in [4.78, 5) is 13.9. The van der Waals surface area contributed by atoms with Gasteiger partial charge in [0.05, 0.1) is 12.6 Å². The number of hydrogen-bond acceptors (Lipinski definition) is 7. The van der Waals surface area contributed by atoms with E-state index in [9.17, 15) is 5.11 Å². The lowest BCUT2D eigenvalue weighted by Gasteiger charge is -2.35. The molecule has 2 N–H and O–H groups in total. The zero-order valence-corrected chi connectivity index (χ0v) is 20.9. The normalized spacial score (nSPS) is 22.4. The van der Waals surface area contributed by atoms with E-state index in [1.165, 1.54) is 19.2 Å². The van der Waals surface area contributed by atoms with E-state index < -0.39 is 0 Å². The topological polar surface area (TPSA) is 81.8 Å². The van der Waals surface area contributed by atoms with Crippen LogP contribution >= 0.6 is 23.2 Å². The van der Waals surface area contributed by atoms with E-state index in [4.69, 9.17) is 28.2 Å². The van der Waals surface area contributed by atoms with E-state index in [0.29, 0.717) is 27.7 Å². The van der Waals surface area contributed by atoms with Crippen molar-refractivity contribution in [3.63, 3.8) is 0 Å². The second kappa shape index (κ2) is 10.2. The van der Waals surface area contributed by atoms with Gasteiger partial charge in [0.15, 0.2) is 0 Å². The minimum Gasteiger partial charge on any atom is -0.395 e. The summed E-state index contributed by atoms with van der Waals surface area (Å²) in [5, 5.41) is 18.5. The van der Waals surface area contributed by atoms with Gasteiger partial charge in [0.25, 0.3) is 5.78 Å². The molecular weight excluding hydrogens is 473 g/mol. The third-order valence-corrected chi connectivity index (χ3v) is 7.77. The van der Waals surface area contributed by atoms with E-state index in [1.807, 2.05) is 12.1 Å². The van der Waals surface area contributed by atoms with Crippen LogP contribution < -0.4 is 10.2 Å². The highest BCUT2D eigenvalue weighted by Gasteiger charge is 2.33. The number of rotatable bonds is 7. The number of halogens is 2. The van der Waals surface area contributed by atoms with Crippen molar-refractivity contribution in [2.75, 3.05) is 49.5 Å². The standard InChI is InChI=1S/C24H31Cl2N7O/c1-16(20-5-4-19(25)11-21(20)26)29-23-12-22(30-24-27-15-28-33(23)24)32-8-6-18(14-32)17-3-2-7-31(13-17)9-10-34/h4-5,11-12,15-18,29,34H,2-3,6-10,13-14H2,1H3/t16-,17?,18?/m1/s1. The summed E-state index contributed by atoms with van der Waals surface area (Å²) < 4.78 is 1.73. The van der Waals surface area contributed by atoms with Crippen molar-refractivity contribution in [2.24, 2.45) is 11.8 Å². The lowest BCUT2D eigenvalue weighted by molar-refractivity contribution is 0.117. The highest BCUT2D eigenvalue weighted by atomic mass is 35.5. The highest BCUT2D eigenvalue weighted by Crippen LogP contribution is 2.34. The first-order valence-corrected chi connectivity index (χ1v) is 12.8. The molecule has 8 nitrogen and oxygen atoms in total. The molecule has 0 spiro atoms.